The molecule has 1 atom stereocenters. The number of piperidine rings is 1. The van der Waals surface area contributed by atoms with E-state index < -0.39 is 0 Å². The number of nitrogens with zero attached hydrogens (tertiary/aromatic N) is 2. The molecule has 0 saturated carbocycles. The molecule has 0 radical (unpaired) electrons. The Morgan fingerprint density at radius 2 is 1.73 bits per heavy atom. The van der Waals surface area contributed by atoms with Gasteiger partial charge in [-0.25, -0.2) is 0 Å². The first-order chi connectivity index (χ1) is 13.6. The molecule has 0 aliphatic carbocycles. The highest BCUT2D eigenvalue weighted by Gasteiger charge is 2.45. The number of hydrogen-bond donors (Lipinski definition) is 2. The van der Waals surface area contributed by atoms with Gasteiger partial charge in [-0.2, -0.15) is 0 Å². The van der Waals surface area contributed by atoms with Crippen molar-refractivity contribution in [1.29, 1.82) is 0 Å². The first kappa shape index (κ1) is 24.9. The Kier molecular flexibility index (Phi) is 8.98. The molecule has 3 aliphatic heterocycles. The summed E-state index contributed by atoms with van der Waals surface area (Å²) < 4.78 is 0. The SMILES string of the molecule is CN1CC2(CCNCC2)CC1C(=O)NCc1ccc(C(=O)N2CCCC2)cc1.Cl.Cl. The van der Waals surface area contributed by atoms with Crippen molar-refractivity contribution >= 4 is 36.6 Å². The Bertz CT molecular complexity index is 716. The summed E-state index contributed by atoms with van der Waals surface area (Å²) in [6.07, 6.45) is 5.48. The van der Waals surface area contributed by atoms with Gasteiger partial charge in [0.1, 0.15) is 0 Å². The maximum Gasteiger partial charge on any atom is 0.253 e. The molecule has 6 nitrogen and oxygen atoms in total. The van der Waals surface area contributed by atoms with Crippen molar-refractivity contribution in [3.63, 3.8) is 0 Å². The molecule has 1 aromatic carbocycles. The minimum Gasteiger partial charge on any atom is -0.351 e. The van der Waals surface area contributed by atoms with Gasteiger partial charge in [0.2, 0.25) is 5.91 Å². The van der Waals surface area contributed by atoms with Gasteiger partial charge in [-0.3, -0.25) is 14.5 Å². The first-order valence-corrected chi connectivity index (χ1v) is 10.6. The third kappa shape index (κ3) is 5.47. The standard InChI is InChI=1S/C22H32N4O2.2ClH/c1-25-16-22(8-10-23-11-9-22)14-19(25)20(27)24-15-17-4-6-18(7-5-17)21(28)26-12-2-3-13-26;;/h4-7,19,23H,2-3,8-16H2,1H3,(H,24,27);2*1H. The van der Waals surface area contributed by atoms with Crippen LogP contribution in [-0.4, -0.2) is 67.4 Å². The predicted octanol–water partition coefficient (Wildman–Crippen LogP) is 2.46. The van der Waals surface area contributed by atoms with Gasteiger partial charge in [0.25, 0.3) is 5.91 Å². The molecule has 30 heavy (non-hydrogen) atoms. The maximum atomic E-state index is 12.8. The summed E-state index contributed by atoms with van der Waals surface area (Å²) in [5.74, 6) is 0.239. The zero-order valence-electron chi connectivity index (χ0n) is 17.7. The highest BCUT2D eigenvalue weighted by Crippen LogP contribution is 2.41. The van der Waals surface area contributed by atoms with Crippen LogP contribution in [0.4, 0.5) is 0 Å². The molecule has 8 heteroatoms. The molecule has 2 amide bonds. The van der Waals surface area contributed by atoms with Crippen LogP contribution in [0, 0.1) is 5.41 Å². The third-order valence-corrected chi connectivity index (χ3v) is 6.77. The molecule has 168 valence electrons. The lowest BCUT2D eigenvalue weighted by molar-refractivity contribution is -0.125. The van der Waals surface area contributed by atoms with E-state index in [4.69, 9.17) is 0 Å². The molecule has 3 saturated heterocycles. The van der Waals surface area contributed by atoms with Crippen LogP contribution < -0.4 is 10.6 Å². The fourth-order valence-electron chi connectivity index (χ4n) is 5.06. The average Bonchev–Trinajstić information content (AvgIpc) is 3.35. The molecule has 4 rings (SSSR count). The van der Waals surface area contributed by atoms with E-state index in [-0.39, 0.29) is 42.7 Å². The number of carbonyl (C=O) groups excluding carboxylic acids is 2. The number of hydrogen-bond acceptors (Lipinski definition) is 4. The fraction of sp³-hybridized carbons (Fsp3) is 0.636. The summed E-state index contributed by atoms with van der Waals surface area (Å²) in [5.41, 5.74) is 2.07. The molecule has 1 spiro atoms. The highest BCUT2D eigenvalue weighted by atomic mass is 35.5. The maximum absolute atomic E-state index is 12.8. The number of amides is 2. The van der Waals surface area contributed by atoms with E-state index in [2.05, 4.69) is 22.6 Å². The van der Waals surface area contributed by atoms with Crippen LogP contribution in [0.25, 0.3) is 0 Å². The van der Waals surface area contributed by atoms with Crippen LogP contribution in [-0.2, 0) is 11.3 Å². The summed E-state index contributed by atoms with van der Waals surface area (Å²) in [7, 11) is 2.07. The number of likely N-dealkylation sites (tertiary alicyclic amines) is 2. The lowest BCUT2D eigenvalue weighted by Crippen LogP contribution is -2.41. The molecule has 3 aliphatic rings. The van der Waals surface area contributed by atoms with Crippen molar-refractivity contribution in [3.05, 3.63) is 35.4 Å². The van der Waals surface area contributed by atoms with Gasteiger partial charge in [-0.1, -0.05) is 12.1 Å². The van der Waals surface area contributed by atoms with Crippen molar-refractivity contribution in [2.75, 3.05) is 39.8 Å². The van der Waals surface area contributed by atoms with Crippen molar-refractivity contribution in [2.45, 2.75) is 44.7 Å². The number of likely N-dealkylation sites (N-methyl/N-ethyl adjacent to an activating group) is 1. The van der Waals surface area contributed by atoms with Gasteiger partial charge < -0.3 is 15.5 Å². The second-order valence-corrected chi connectivity index (χ2v) is 8.80. The minimum absolute atomic E-state index is 0. The zero-order chi connectivity index (χ0) is 19.6. The molecule has 1 aromatic rings. The van der Waals surface area contributed by atoms with Gasteiger partial charge in [-0.05, 0) is 75.4 Å². The van der Waals surface area contributed by atoms with E-state index in [0.29, 0.717) is 12.0 Å². The van der Waals surface area contributed by atoms with Gasteiger partial charge in [-0.15, -0.1) is 24.8 Å². The summed E-state index contributed by atoms with van der Waals surface area (Å²) in [6.45, 7) is 5.37. The molecule has 1 unspecified atom stereocenters. The third-order valence-electron chi connectivity index (χ3n) is 6.77. The topological polar surface area (TPSA) is 64.7 Å². The molecule has 3 fully saturated rings. The summed E-state index contributed by atoms with van der Waals surface area (Å²) >= 11 is 0. The van der Waals surface area contributed by atoms with Crippen LogP contribution >= 0.6 is 24.8 Å². The largest absolute Gasteiger partial charge is 0.351 e. The van der Waals surface area contributed by atoms with E-state index in [0.717, 1.165) is 76.0 Å². The van der Waals surface area contributed by atoms with Crippen molar-refractivity contribution in [3.8, 4) is 0 Å². The quantitative estimate of drug-likeness (QED) is 0.729. The van der Waals surface area contributed by atoms with Crippen LogP contribution in [0.3, 0.4) is 0 Å². The second-order valence-electron chi connectivity index (χ2n) is 8.80. The van der Waals surface area contributed by atoms with E-state index in [1.54, 1.807) is 0 Å². The first-order valence-electron chi connectivity index (χ1n) is 10.6. The van der Waals surface area contributed by atoms with Crippen LogP contribution in [0.2, 0.25) is 0 Å². The van der Waals surface area contributed by atoms with E-state index in [9.17, 15) is 9.59 Å². The van der Waals surface area contributed by atoms with Crippen molar-refractivity contribution in [2.24, 2.45) is 5.41 Å². The number of carbonyl (C=O) groups is 2. The number of nitrogens with one attached hydrogen (secondary N) is 2. The summed E-state index contributed by atoms with van der Waals surface area (Å²) in [4.78, 5) is 29.3. The van der Waals surface area contributed by atoms with Crippen molar-refractivity contribution < 1.29 is 9.59 Å². The molecule has 2 N–H and O–H groups in total. The Hall–Kier alpha value is -1.34. The lowest BCUT2D eigenvalue weighted by Gasteiger charge is -2.33. The monoisotopic (exact) mass is 456 g/mol. The Morgan fingerprint density at radius 1 is 1.10 bits per heavy atom. The van der Waals surface area contributed by atoms with Crippen LogP contribution in [0.15, 0.2) is 24.3 Å². The van der Waals surface area contributed by atoms with Gasteiger partial charge in [0.05, 0.1) is 6.04 Å². The molecular weight excluding hydrogens is 423 g/mol. The normalized spacial score (nSPS) is 23.0. The summed E-state index contributed by atoms with van der Waals surface area (Å²) in [5, 5.41) is 6.53. The van der Waals surface area contributed by atoms with E-state index in [1.165, 1.54) is 0 Å². The molecule has 3 heterocycles. The van der Waals surface area contributed by atoms with Crippen LogP contribution in [0.1, 0.15) is 48.0 Å². The van der Waals surface area contributed by atoms with Gasteiger partial charge in [0.15, 0.2) is 0 Å². The number of benzene rings is 1. The second kappa shape index (κ2) is 10.8. The number of halogens is 2. The predicted molar refractivity (Wildman–Crippen MR) is 123 cm³/mol. The molecular formula is C22H34Cl2N4O2. The fourth-order valence-corrected chi connectivity index (χ4v) is 5.06. The number of rotatable bonds is 4. The Balaban J connectivity index is 0.00000160. The van der Waals surface area contributed by atoms with E-state index >= 15 is 0 Å². The van der Waals surface area contributed by atoms with Gasteiger partial charge >= 0.3 is 0 Å². The molecule has 0 aromatic heterocycles. The highest BCUT2D eigenvalue weighted by molar-refractivity contribution is 5.94. The van der Waals surface area contributed by atoms with Crippen LogP contribution in [0.5, 0.6) is 0 Å². The Labute approximate surface area is 192 Å². The minimum atomic E-state index is -0.0332. The lowest BCUT2D eigenvalue weighted by atomic mass is 9.77. The van der Waals surface area contributed by atoms with Gasteiger partial charge in [0, 0.05) is 31.7 Å². The Morgan fingerprint density at radius 3 is 2.37 bits per heavy atom. The van der Waals surface area contributed by atoms with Crippen molar-refractivity contribution in [1.82, 2.24) is 20.4 Å². The average molecular weight is 457 g/mol. The summed E-state index contributed by atoms with van der Waals surface area (Å²) in [6, 6.07) is 7.64. The van der Waals surface area contributed by atoms with E-state index in [1.807, 2.05) is 29.2 Å². The molecule has 0 bridgehead atoms. The zero-order valence-corrected chi connectivity index (χ0v) is 19.3. The smallest absolute Gasteiger partial charge is 0.253 e.